The summed E-state index contributed by atoms with van der Waals surface area (Å²) in [5, 5.41) is 9.79. The number of nitrogens with one attached hydrogen (secondary N) is 3. The van der Waals surface area contributed by atoms with E-state index in [1.165, 1.54) is 0 Å². The van der Waals surface area contributed by atoms with Crippen molar-refractivity contribution in [3.8, 4) is 0 Å². The summed E-state index contributed by atoms with van der Waals surface area (Å²) in [6, 6.07) is 11.6. The van der Waals surface area contributed by atoms with E-state index in [-0.39, 0.29) is 23.9 Å². The molecular weight excluding hydrogens is 542 g/mol. The van der Waals surface area contributed by atoms with E-state index in [0.29, 0.717) is 11.0 Å². The van der Waals surface area contributed by atoms with E-state index in [4.69, 9.17) is 4.74 Å². The summed E-state index contributed by atoms with van der Waals surface area (Å²) >= 11 is 0. The molecule has 9 nitrogen and oxygen atoms in total. The number of aromatic nitrogens is 2. The largest absolute Gasteiger partial charge is 0.444 e. The number of anilines is 5. The van der Waals surface area contributed by atoms with Gasteiger partial charge >= 0.3 is 6.09 Å². The number of halogens is 1. The van der Waals surface area contributed by atoms with E-state index < -0.39 is 18.6 Å². The number of hydrogen-bond donors (Lipinski definition) is 3. The third-order valence-electron chi connectivity index (χ3n) is 6.74. The fraction of sp³-hybridized carbons (Fsp3) is 0.433. The molecule has 220 valence electrons. The number of hydrogen-bond acceptors (Lipinski definition) is 8. The van der Waals surface area contributed by atoms with Crippen molar-refractivity contribution in [2.75, 3.05) is 42.0 Å². The van der Waals surface area contributed by atoms with Crippen molar-refractivity contribution in [1.82, 2.24) is 15.3 Å². The van der Waals surface area contributed by atoms with Crippen LogP contribution in [0.3, 0.4) is 0 Å². The predicted molar refractivity (Wildman–Crippen MR) is 165 cm³/mol. The number of rotatable bonds is 7. The minimum Gasteiger partial charge on any atom is -0.444 e. The number of carbonyl (C=O) groups excluding carboxylic acids is 1. The molecule has 1 aromatic heterocycles. The van der Waals surface area contributed by atoms with Crippen LogP contribution in [-0.4, -0.2) is 54.1 Å². The van der Waals surface area contributed by atoms with Crippen molar-refractivity contribution in [3.05, 3.63) is 59.5 Å². The Balaban J connectivity index is 1.41. The molecule has 4 rings (SSSR count). The molecule has 0 saturated carbocycles. The van der Waals surface area contributed by atoms with E-state index in [2.05, 4.69) is 30.8 Å². The minimum absolute atomic E-state index is 0.00254. The highest BCUT2D eigenvalue weighted by Gasteiger charge is 2.24. The number of amides is 1. The van der Waals surface area contributed by atoms with Crippen molar-refractivity contribution in [2.45, 2.75) is 59.1 Å². The van der Waals surface area contributed by atoms with Gasteiger partial charge in [-0.3, -0.25) is 0 Å². The van der Waals surface area contributed by atoms with E-state index in [1.807, 2.05) is 65.0 Å². The molecule has 0 aliphatic carbocycles. The topological polar surface area (TPSA) is 108 Å². The summed E-state index contributed by atoms with van der Waals surface area (Å²) < 4.78 is 32.9. The minimum atomic E-state index is -2.61. The van der Waals surface area contributed by atoms with E-state index in [1.54, 1.807) is 19.4 Å². The van der Waals surface area contributed by atoms with Crippen molar-refractivity contribution < 1.29 is 18.5 Å². The van der Waals surface area contributed by atoms with Gasteiger partial charge in [0, 0.05) is 35.8 Å². The molecule has 11 heteroatoms. The standard InChI is InChI=1S/C30H40FN6O3P/c1-19-8-10-24(26(16-19)41(6,7)39)35-27-23(31)18-32-28(36-27)33-22-9-11-25(20(2)17-22)37-14-12-21(13-15-37)34-29(38)40-30(3,4)5/h8-11,16-18,21H,12-15H2,1-7H3,(H,34,38)(H2,32,33,35,36). The molecule has 2 aromatic carbocycles. The van der Waals surface area contributed by atoms with Crippen LogP contribution in [-0.2, 0) is 9.30 Å². The first-order chi connectivity index (χ1) is 19.2. The summed E-state index contributed by atoms with van der Waals surface area (Å²) in [4.78, 5) is 22.9. The normalized spacial score (nSPS) is 14.5. The number of piperidine rings is 1. The average Bonchev–Trinajstić information content (AvgIpc) is 2.86. The van der Waals surface area contributed by atoms with Crippen LogP contribution in [0.4, 0.5) is 38.0 Å². The molecule has 0 bridgehead atoms. The van der Waals surface area contributed by atoms with Gasteiger partial charge < -0.3 is 30.2 Å². The van der Waals surface area contributed by atoms with Gasteiger partial charge in [0.25, 0.3) is 0 Å². The first kappa shape index (κ1) is 30.3. The zero-order chi connectivity index (χ0) is 29.9. The van der Waals surface area contributed by atoms with Crippen LogP contribution in [0.5, 0.6) is 0 Å². The predicted octanol–water partition coefficient (Wildman–Crippen LogP) is 6.46. The van der Waals surface area contributed by atoms with Crippen LogP contribution in [0.2, 0.25) is 0 Å². The molecule has 1 aliphatic heterocycles. The molecule has 0 unspecified atom stereocenters. The third-order valence-corrected chi connectivity index (χ3v) is 8.27. The maximum absolute atomic E-state index is 14.7. The Labute approximate surface area is 241 Å². The number of nitrogens with zero attached hydrogens (tertiary/aromatic N) is 3. The number of carbonyl (C=O) groups is 1. The number of ether oxygens (including phenoxy) is 1. The maximum Gasteiger partial charge on any atom is 0.407 e. The number of benzene rings is 2. The quantitative estimate of drug-likeness (QED) is 0.273. The molecule has 41 heavy (non-hydrogen) atoms. The van der Waals surface area contributed by atoms with Gasteiger partial charge in [-0.2, -0.15) is 4.98 Å². The van der Waals surface area contributed by atoms with Gasteiger partial charge in [0.2, 0.25) is 5.95 Å². The number of aryl methyl sites for hydroxylation is 2. The SMILES string of the molecule is Cc1ccc(Nc2nc(Nc3ccc(N4CCC(NC(=O)OC(C)(C)C)CC4)c(C)c3)ncc2F)c(P(C)(C)=O)c1. The number of alkyl carbamates (subject to hydrolysis) is 1. The average molecular weight is 583 g/mol. The Morgan fingerprint density at radius 2 is 1.78 bits per heavy atom. The molecule has 1 amide bonds. The molecule has 1 fully saturated rings. The summed E-state index contributed by atoms with van der Waals surface area (Å²) in [6.45, 7) is 14.5. The van der Waals surface area contributed by atoms with Crippen molar-refractivity contribution in [3.63, 3.8) is 0 Å². The fourth-order valence-electron chi connectivity index (χ4n) is 4.79. The van der Waals surface area contributed by atoms with Crippen molar-refractivity contribution in [2.24, 2.45) is 0 Å². The summed E-state index contributed by atoms with van der Waals surface area (Å²) in [6.07, 6.45) is 2.39. The highest BCUT2D eigenvalue weighted by Crippen LogP contribution is 2.39. The maximum atomic E-state index is 14.7. The highest BCUT2D eigenvalue weighted by molar-refractivity contribution is 7.70. The van der Waals surface area contributed by atoms with Crippen LogP contribution >= 0.6 is 7.14 Å². The van der Waals surface area contributed by atoms with Crippen LogP contribution in [0.15, 0.2) is 42.6 Å². The van der Waals surface area contributed by atoms with Crippen LogP contribution < -0.4 is 26.2 Å². The second-order valence-corrected chi connectivity index (χ2v) is 15.1. The Hall–Kier alpha value is -3.65. The molecule has 3 N–H and O–H groups in total. The van der Waals surface area contributed by atoms with Gasteiger partial charge in [-0.25, -0.2) is 14.2 Å². The second-order valence-electron chi connectivity index (χ2n) is 11.9. The van der Waals surface area contributed by atoms with E-state index in [9.17, 15) is 13.8 Å². The van der Waals surface area contributed by atoms with Crippen LogP contribution in [0.1, 0.15) is 44.7 Å². The molecule has 0 atom stereocenters. The van der Waals surface area contributed by atoms with Gasteiger partial charge in [0.1, 0.15) is 12.7 Å². The summed E-state index contributed by atoms with van der Waals surface area (Å²) in [7, 11) is -2.61. The molecule has 2 heterocycles. The van der Waals surface area contributed by atoms with Gasteiger partial charge in [-0.1, -0.05) is 11.6 Å². The Morgan fingerprint density at radius 3 is 2.41 bits per heavy atom. The van der Waals surface area contributed by atoms with Gasteiger partial charge in [-0.05, 0) is 96.7 Å². The lowest BCUT2D eigenvalue weighted by molar-refractivity contribution is 0.0497. The zero-order valence-electron chi connectivity index (χ0n) is 24.8. The smallest absolute Gasteiger partial charge is 0.407 e. The first-order valence-corrected chi connectivity index (χ1v) is 16.4. The molecule has 1 aliphatic rings. The van der Waals surface area contributed by atoms with Crippen LogP contribution in [0, 0.1) is 19.7 Å². The Kier molecular flexibility index (Phi) is 8.92. The van der Waals surface area contributed by atoms with Crippen molar-refractivity contribution in [1.29, 1.82) is 0 Å². The van der Waals surface area contributed by atoms with E-state index in [0.717, 1.165) is 54.6 Å². The lowest BCUT2D eigenvalue weighted by Gasteiger charge is -2.35. The lowest BCUT2D eigenvalue weighted by Crippen LogP contribution is -2.46. The van der Waals surface area contributed by atoms with Gasteiger partial charge in [-0.15, -0.1) is 0 Å². The second kappa shape index (κ2) is 12.1. The molecular formula is C30H40FN6O3P. The van der Waals surface area contributed by atoms with Crippen LogP contribution in [0.25, 0.3) is 0 Å². The third kappa shape index (κ3) is 8.19. The lowest BCUT2D eigenvalue weighted by atomic mass is 10.0. The monoisotopic (exact) mass is 582 g/mol. The zero-order valence-corrected chi connectivity index (χ0v) is 25.7. The fourth-order valence-corrected chi connectivity index (χ4v) is 6.02. The van der Waals surface area contributed by atoms with Gasteiger partial charge in [0.15, 0.2) is 11.6 Å². The van der Waals surface area contributed by atoms with Gasteiger partial charge in [0.05, 0.1) is 11.9 Å². The van der Waals surface area contributed by atoms with Crippen molar-refractivity contribution >= 4 is 47.4 Å². The highest BCUT2D eigenvalue weighted by atomic mass is 31.2. The Morgan fingerprint density at radius 1 is 1.07 bits per heavy atom. The molecule has 1 saturated heterocycles. The summed E-state index contributed by atoms with van der Waals surface area (Å²) in [5.74, 6) is -0.377. The Bertz CT molecular complexity index is 1460. The first-order valence-electron chi connectivity index (χ1n) is 13.8. The molecule has 0 spiro atoms. The molecule has 0 radical (unpaired) electrons. The van der Waals surface area contributed by atoms with E-state index >= 15 is 0 Å². The molecule has 3 aromatic rings. The summed E-state index contributed by atoms with van der Waals surface area (Å²) in [5.41, 5.74) is 3.96.